The van der Waals surface area contributed by atoms with Crippen molar-refractivity contribution < 1.29 is 23.8 Å². The van der Waals surface area contributed by atoms with E-state index in [0.717, 1.165) is 5.56 Å². The second kappa shape index (κ2) is 9.93. The highest BCUT2D eigenvalue weighted by Crippen LogP contribution is 2.36. The molecule has 7 heteroatoms. The Balaban J connectivity index is 1.45. The van der Waals surface area contributed by atoms with Crippen molar-refractivity contribution in [2.45, 2.75) is 13.0 Å². The molecular weight excluding hydrogens is 444 g/mol. The van der Waals surface area contributed by atoms with Crippen LogP contribution in [0.15, 0.2) is 78.9 Å². The van der Waals surface area contributed by atoms with Crippen molar-refractivity contribution in [3.63, 3.8) is 0 Å². The van der Waals surface area contributed by atoms with E-state index in [1.54, 1.807) is 15.9 Å². The van der Waals surface area contributed by atoms with Crippen LogP contribution in [0.5, 0.6) is 17.2 Å². The number of anilines is 2. The smallest absolute Gasteiger partial charge is 0.270 e. The zero-order valence-electron chi connectivity index (χ0n) is 19.4. The third-order valence-corrected chi connectivity index (χ3v) is 5.93. The van der Waals surface area contributed by atoms with Gasteiger partial charge in [0, 0.05) is 25.2 Å². The molecule has 3 aromatic rings. The van der Waals surface area contributed by atoms with Crippen molar-refractivity contribution >= 4 is 29.3 Å². The molecule has 3 aromatic carbocycles. The van der Waals surface area contributed by atoms with E-state index in [0.29, 0.717) is 48.4 Å². The number of amides is 2. The van der Waals surface area contributed by atoms with Crippen LogP contribution in [0, 0.1) is 0 Å². The summed E-state index contributed by atoms with van der Waals surface area (Å²) < 4.78 is 17.5. The second-order valence-corrected chi connectivity index (χ2v) is 8.29. The van der Waals surface area contributed by atoms with Gasteiger partial charge in [0.25, 0.3) is 5.91 Å². The zero-order valence-corrected chi connectivity index (χ0v) is 19.4. The summed E-state index contributed by atoms with van der Waals surface area (Å²) >= 11 is 0. The van der Waals surface area contributed by atoms with Crippen molar-refractivity contribution in [3.8, 4) is 17.2 Å². The van der Waals surface area contributed by atoms with E-state index in [1.165, 1.54) is 6.92 Å². The van der Waals surface area contributed by atoms with Crippen LogP contribution in [-0.2, 0) is 9.59 Å². The highest BCUT2D eigenvalue weighted by Gasteiger charge is 2.35. The lowest BCUT2D eigenvalue weighted by molar-refractivity contribution is -0.125. The lowest BCUT2D eigenvalue weighted by Crippen LogP contribution is -2.51. The normalized spacial score (nSPS) is 16.4. The maximum atomic E-state index is 13.8. The summed E-state index contributed by atoms with van der Waals surface area (Å²) in [7, 11) is 0. The first-order valence-corrected chi connectivity index (χ1v) is 11.6. The van der Waals surface area contributed by atoms with E-state index in [-0.39, 0.29) is 18.4 Å². The summed E-state index contributed by atoms with van der Waals surface area (Å²) in [6.45, 7) is 2.88. The number of benzene rings is 3. The Kier molecular flexibility index (Phi) is 6.39. The van der Waals surface area contributed by atoms with Crippen molar-refractivity contribution in [2.24, 2.45) is 0 Å². The Labute approximate surface area is 204 Å². The number of fused-ring (bicyclic) bond motifs is 2. The van der Waals surface area contributed by atoms with Gasteiger partial charge in [-0.2, -0.15) is 0 Å². The summed E-state index contributed by atoms with van der Waals surface area (Å²) in [6.07, 6.45) is 3.05. The number of hydrogen-bond acceptors (Lipinski definition) is 5. The number of hydrogen-bond donors (Lipinski definition) is 0. The molecule has 2 aliphatic heterocycles. The third kappa shape index (κ3) is 4.84. The zero-order chi connectivity index (χ0) is 24.2. The molecule has 0 N–H and O–H groups in total. The summed E-state index contributed by atoms with van der Waals surface area (Å²) in [4.78, 5) is 29.4. The Morgan fingerprint density at radius 2 is 1.69 bits per heavy atom. The van der Waals surface area contributed by atoms with Gasteiger partial charge in [-0.3, -0.25) is 9.59 Å². The van der Waals surface area contributed by atoms with Crippen LogP contribution >= 0.6 is 0 Å². The molecule has 2 heterocycles. The molecule has 0 radical (unpaired) electrons. The molecule has 2 aliphatic rings. The quantitative estimate of drug-likeness (QED) is 0.556. The van der Waals surface area contributed by atoms with Crippen LogP contribution in [0.3, 0.4) is 0 Å². The molecule has 0 bridgehead atoms. The van der Waals surface area contributed by atoms with Gasteiger partial charge in [-0.05, 0) is 29.8 Å². The number of carbonyl (C=O) groups is 2. The highest BCUT2D eigenvalue weighted by atomic mass is 16.6. The fourth-order valence-electron chi connectivity index (χ4n) is 4.22. The van der Waals surface area contributed by atoms with Gasteiger partial charge >= 0.3 is 0 Å². The average molecular weight is 471 g/mol. The van der Waals surface area contributed by atoms with Gasteiger partial charge < -0.3 is 24.0 Å². The standard InChI is InChI=1S/C28H26N2O5/c1-20(31)30-19-27(35-24-12-6-5-11-23(24)30)28(32)29(15-7-10-21-8-3-2-4-9-21)22-13-14-25-26(18-22)34-17-16-33-25/h2-14,18,27H,15-17,19H2,1H3/b10-7+. The van der Waals surface area contributed by atoms with E-state index in [1.807, 2.05) is 78.9 Å². The summed E-state index contributed by atoms with van der Waals surface area (Å²) in [5.74, 6) is 1.36. The van der Waals surface area contributed by atoms with Crippen LogP contribution in [0.4, 0.5) is 11.4 Å². The van der Waals surface area contributed by atoms with E-state index in [9.17, 15) is 9.59 Å². The predicted octanol–water partition coefficient (Wildman–Crippen LogP) is 4.32. The van der Waals surface area contributed by atoms with Crippen molar-refractivity contribution in [1.82, 2.24) is 0 Å². The number of rotatable bonds is 5. The first kappa shape index (κ1) is 22.5. The Morgan fingerprint density at radius 1 is 0.943 bits per heavy atom. The molecule has 0 saturated carbocycles. The molecule has 35 heavy (non-hydrogen) atoms. The molecule has 5 rings (SSSR count). The summed E-state index contributed by atoms with van der Waals surface area (Å²) in [6, 6.07) is 22.6. The van der Waals surface area contributed by atoms with Crippen LogP contribution < -0.4 is 24.0 Å². The van der Waals surface area contributed by atoms with Gasteiger partial charge in [-0.25, -0.2) is 0 Å². The van der Waals surface area contributed by atoms with Gasteiger partial charge in [0.2, 0.25) is 5.91 Å². The maximum Gasteiger partial charge on any atom is 0.270 e. The first-order chi connectivity index (χ1) is 17.1. The van der Waals surface area contributed by atoms with Crippen LogP contribution in [0.1, 0.15) is 12.5 Å². The van der Waals surface area contributed by atoms with Crippen molar-refractivity contribution in [1.29, 1.82) is 0 Å². The summed E-state index contributed by atoms with van der Waals surface area (Å²) in [5.41, 5.74) is 2.36. The topological polar surface area (TPSA) is 68.3 Å². The summed E-state index contributed by atoms with van der Waals surface area (Å²) in [5, 5.41) is 0. The highest BCUT2D eigenvalue weighted by molar-refractivity contribution is 6.01. The molecule has 0 fully saturated rings. The molecule has 0 saturated heterocycles. The van der Waals surface area contributed by atoms with Gasteiger partial charge in [0.15, 0.2) is 17.6 Å². The molecule has 178 valence electrons. The minimum Gasteiger partial charge on any atom is -0.486 e. The maximum absolute atomic E-state index is 13.8. The Hall–Kier alpha value is -4.26. The first-order valence-electron chi connectivity index (χ1n) is 11.6. The van der Waals surface area contributed by atoms with Crippen LogP contribution in [-0.4, -0.2) is 44.2 Å². The van der Waals surface area contributed by atoms with Gasteiger partial charge in [0.05, 0.1) is 12.2 Å². The Morgan fingerprint density at radius 3 is 2.49 bits per heavy atom. The molecular formula is C28H26N2O5. The predicted molar refractivity (Wildman–Crippen MR) is 134 cm³/mol. The van der Waals surface area contributed by atoms with E-state index in [4.69, 9.17) is 14.2 Å². The molecule has 0 aromatic heterocycles. The monoisotopic (exact) mass is 470 g/mol. The van der Waals surface area contributed by atoms with E-state index >= 15 is 0 Å². The molecule has 1 unspecified atom stereocenters. The minimum absolute atomic E-state index is 0.134. The van der Waals surface area contributed by atoms with Crippen LogP contribution in [0.2, 0.25) is 0 Å². The Bertz CT molecular complexity index is 1260. The number of carbonyl (C=O) groups excluding carboxylic acids is 2. The second-order valence-electron chi connectivity index (χ2n) is 8.29. The van der Waals surface area contributed by atoms with Gasteiger partial charge in [-0.15, -0.1) is 0 Å². The third-order valence-electron chi connectivity index (χ3n) is 5.93. The largest absolute Gasteiger partial charge is 0.486 e. The SMILES string of the molecule is CC(=O)N1CC(C(=O)N(C/C=C/c2ccccc2)c2ccc3c(c2)OCCO3)Oc2ccccc21. The number of nitrogens with zero attached hydrogens (tertiary/aromatic N) is 2. The lowest BCUT2D eigenvalue weighted by Gasteiger charge is -2.36. The van der Waals surface area contributed by atoms with Crippen molar-refractivity contribution in [2.75, 3.05) is 36.1 Å². The molecule has 2 amide bonds. The van der Waals surface area contributed by atoms with E-state index in [2.05, 4.69) is 0 Å². The number of ether oxygens (including phenoxy) is 3. The van der Waals surface area contributed by atoms with Gasteiger partial charge in [-0.1, -0.05) is 54.6 Å². The molecule has 1 atom stereocenters. The lowest BCUT2D eigenvalue weighted by atomic mass is 10.1. The minimum atomic E-state index is -0.855. The molecule has 7 nitrogen and oxygen atoms in total. The fraction of sp³-hybridized carbons (Fsp3) is 0.214. The molecule has 0 aliphatic carbocycles. The van der Waals surface area contributed by atoms with Crippen molar-refractivity contribution in [3.05, 3.63) is 84.4 Å². The fourth-order valence-corrected chi connectivity index (χ4v) is 4.22. The average Bonchev–Trinajstić information content (AvgIpc) is 2.90. The van der Waals surface area contributed by atoms with Gasteiger partial charge in [0.1, 0.15) is 19.0 Å². The molecule has 0 spiro atoms. The van der Waals surface area contributed by atoms with Crippen LogP contribution in [0.25, 0.3) is 6.08 Å². The van der Waals surface area contributed by atoms with E-state index < -0.39 is 6.10 Å². The number of para-hydroxylation sites is 2.